The molecule has 1 fully saturated rings. The Morgan fingerprint density at radius 1 is 1.14 bits per heavy atom. The standard InChI is InChI=1S/C20H22Cl3F3O2/c1-9(2)12-5-4-10(3)6-13(12)16(19(27)28)17(20(24,25)26)11-7-14(21)18(23)15(22)8-11/h7-10,12-13H,4-6H2,1-3H3,(H,27,28)/t10-,12+,13-/m1/s1. The maximum Gasteiger partial charge on any atom is 0.417 e. The number of hydrogen-bond donors (Lipinski definition) is 1. The summed E-state index contributed by atoms with van der Waals surface area (Å²) in [5, 5.41) is 9.46. The summed E-state index contributed by atoms with van der Waals surface area (Å²) in [6.45, 7) is 5.76. The van der Waals surface area contributed by atoms with Crippen molar-refractivity contribution in [3.05, 3.63) is 38.3 Å². The predicted octanol–water partition coefficient (Wildman–Crippen LogP) is 7.76. The zero-order valence-corrected chi connectivity index (χ0v) is 18.0. The Morgan fingerprint density at radius 3 is 2.11 bits per heavy atom. The van der Waals surface area contributed by atoms with Gasteiger partial charge in [-0.3, -0.25) is 0 Å². The fourth-order valence-corrected chi connectivity index (χ4v) is 4.75. The number of alkyl halides is 3. The summed E-state index contributed by atoms with van der Waals surface area (Å²) < 4.78 is 42.4. The molecule has 0 aliphatic heterocycles. The summed E-state index contributed by atoms with van der Waals surface area (Å²) in [4.78, 5) is 12.1. The van der Waals surface area contributed by atoms with Crippen LogP contribution in [0.5, 0.6) is 0 Å². The molecule has 0 spiro atoms. The molecular formula is C20H22Cl3F3O2. The van der Waals surface area contributed by atoms with Crippen molar-refractivity contribution in [2.24, 2.45) is 23.7 Å². The van der Waals surface area contributed by atoms with Gasteiger partial charge in [0, 0.05) is 0 Å². The zero-order valence-electron chi connectivity index (χ0n) is 15.7. The van der Waals surface area contributed by atoms with Crippen LogP contribution in [0.15, 0.2) is 17.7 Å². The minimum absolute atomic E-state index is 0.0544. The molecule has 1 saturated carbocycles. The van der Waals surface area contributed by atoms with E-state index in [0.717, 1.165) is 18.6 Å². The minimum Gasteiger partial charge on any atom is -0.478 e. The first kappa shape index (κ1) is 23.4. The monoisotopic (exact) mass is 456 g/mol. The highest BCUT2D eigenvalue weighted by molar-refractivity contribution is 6.48. The van der Waals surface area contributed by atoms with Crippen LogP contribution >= 0.6 is 34.8 Å². The van der Waals surface area contributed by atoms with Crippen LogP contribution in [0.3, 0.4) is 0 Å². The number of carboxylic acids is 1. The van der Waals surface area contributed by atoms with Gasteiger partial charge >= 0.3 is 12.1 Å². The van der Waals surface area contributed by atoms with E-state index in [2.05, 4.69) is 0 Å². The van der Waals surface area contributed by atoms with Gasteiger partial charge in [0.25, 0.3) is 0 Å². The van der Waals surface area contributed by atoms with Gasteiger partial charge < -0.3 is 5.11 Å². The number of aliphatic carboxylic acids is 1. The fourth-order valence-electron chi connectivity index (χ4n) is 4.16. The topological polar surface area (TPSA) is 37.3 Å². The van der Waals surface area contributed by atoms with Crippen molar-refractivity contribution in [2.45, 2.75) is 46.2 Å². The quantitative estimate of drug-likeness (QED) is 0.370. The van der Waals surface area contributed by atoms with E-state index in [9.17, 15) is 23.1 Å². The molecule has 0 saturated heterocycles. The molecule has 0 amide bonds. The van der Waals surface area contributed by atoms with Crippen molar-refractivity contribution in [1.82, 2.24) is 0 Å². The van der Waals surface area contributed by atoms with E-state index in [0.29, 0.717) is 12.8 Å². The van der Waals surface area contributed by atoms with Crippen molar-refractivity contribution in [3.8, 4) is 0 Å². The summed E-state index contributed by atoms with van der Waals surface area (Å²) in [5.74, 6) is -2.25. The Labute approximate surface area is 177 Å². The summed E-state index contributed by atoms with van der Waals surface area (Å²) in [6.07, 6.45) is -2.95. The normalized spacial score (nSPS) is 24.3. The average Bonchev–Trinajstić information content (AvgIpc) is 2.55. The predicted molar refractivity (Wildman–Crippen MR) is 107 cm³/mol. The van der Waals surface area contributed by atoms with E-state index >= 15 is 0 Å². The molecule has 0 radical (unpaired) electrons. The van der Waals surface area contributed by atoms with E-state index < -0.39 is 29.2 Å². The summed E-state index contributed by atoms with van der Waals surface area (Å²) in [5.41, 5.74) is -2.21. The molecule has 0 heterocycles. The van der Waals surface area contributed by atoms with E-state index in [1.165, 1.54) is 0 Å². The minimum atomic E-state index is -4.89. The highest BCUT2D eigenvalue weighted by atomic mass is 35.5. The van der Waals surface area contributed by atoms with Crippen LogP contribution in [0.2, 0.25) is 15.1 Å². The van der Waals surface area contributed by atoms with Gasteiger partial charge in [-0.15, -0.1) is 0 Å². The van der Waals surface area contributed by atoms with Gasteiger partial charge in [0.15, 0.2) is 0 Å². The molecule has 156 valence electrons. The number of carboxylic acid groups (broad SMARTS) is 1. The second kappa shape index (κ2) is 8.85. The number of halogens is 6. The highest BCUT2D eigenvalue weighted by Gasteiger charge is 2.45. The molecule has 1 aliphatic rings. The lowest BCUT2D eigenvalue weighted by Gasteiger charge is -2.38. The van der Waals surface area contributed by atoms with Crippen molar-refractivity contribution in [2.75, 3.05) is 0 Å². The molecule has 0 aromatic heterocycles. The average molecular weight is 458 g/mol. The fraction of sp³-hybridized carbons (Fsp3) is 0.550. The molecule has 3 atom stereocenters. The Hall–Kier alpha value is -0.910. The number of carbonyl (C=O) groups is 1. The Bertz CT molecular complexity index is 764. The third-order valence-electron chi connectivity index (χ3n) is 5.45. The maximum absolute atomic E-state index is 14.1. The van der Waals surface area contributed by atoms with Gasteiger partial charge in [-0.1, -0.05) is 62.0 Å². The first-order valence-electron chi connectivity index (χ1n) is 9.04. The molecule has 2 nitrogen and oxygen atoms in total. The largest absolute Gasteiger partial charge is 0.478 e. The second-order valence-electron chi connectivity index (χ2n) is 7.78. The lowest BCUT2D eigenvalue weighted by molar-refractivity contribution is -0.134. The van der Waals surface area contributed by atoms with Crippen molar-refractivity contribution in [1.29, 1.82) is 0 Å². The molecular weight excluding hydrogens is 436 g/mol. The number of hydrogen-bond acceptors (Lipinski definition) is 1. The van der Waals surface area contributed by atoms with Gasteiger partial charge in [-0.2, -0.15) is 13.2 Å². The first-order chi connectivity index (χ1) is 12.8. The van der Waals surface area contributed by atoms with E-state index in [1.807, 2.05) is 20.8 Å². The third kappa shape index (κ3) is 4.98. The van der Waals surface area contributed by atoms with Gasteiger partial charge in [0.1, 0.15) is 0 Å². The van der Waals surface area contributed by atoms with E-state index in [-0.39, 0.29) is 38.4 Å². The molecule has 2 rings (SSSR count). The molecule has 1 aliphatic carbocycles. The molecule has 1 N–H and O–H groups in total. The summed E-state index contributed by atoms with van der Waals surface area (Å²) >= 11 is 17.7. The van der Waals surface area contributed by atoms with Crippen molar-refractivity contribution < 1.29 is 23.1 Å². The Balaban J connectivity index is 2.81. The molecule has 1 aromatic carbocycles. The van der Waals surface area contributed by atoms with E-state index in [4.69, 9.17) is 34.8 Å². The van der Waals surface area contributed by atoms with Crippen LogP contribution in [-0.4, -0.2) is 17.3 Å². The smallest absolute Gasteiger partial charge is 0.417 e. The van der Waals surface area contributed by atoms with Gasteiger partial charge in [0.05, 0.1) is 26.2 Å². The van der Waals surface area contributed by atoms with Gasteiger partial charge in [-0.05, 0) is 54.2 Å². The van der Waals surface area contributed by atoms with Crippen LogP contribution in [0.1, 0.15) is 45.6 Å². The number of benzene rings is 1. The lowest BCUT2D eigenvalue weighted by atomic mass is 9.66. The number of allylic oxidation sites excluding steroid dienone is 1. The lowest BCUT2D eigenvalue weighted by Crippen LogP contribution is -2.33. The first-order valence-corrected chi connectivity index (χ1v) is 10.2. The molecule has 0 bridgehead atoms. The number of rotatable bonds is 4. The molecule has 0 unspecified atom stereocenters. The van der Waals surface area contributed by atoms with Crippen LogP contribution in [0, 0.1) is 23.7 Å². The maximum atomic E-state index is 14.1. The van der Waals surface area contributed by atoms with Gasteiger partial charge in [0.2, 0.25) is 0 Å². The van der Waals surface area contributed by atoms with Crippen LogP contribution < -0.4 is 0 Å². The van der Waals surface area contributed by atoms with Crippen molar-refractivity contribution in [3.63, 3.8) is 0 Å². The van der Waals surface area contributed by atoms with Crippen molar-refractivity contribution >= 4 is 46.3 Å². The third-order valence-corrected chi connectivity index (χ3v) is 6.65. The molecule has 28 heavy (non-hydrogen) atoms. The van der Waals surface area contributed by atoms with Crippen LogP contribution in [0.4, 0.5) is 13.2 Å². The SMILES string of the molecule is CC(C)[C@@H]1CC[C@@H](C)C[C@H]1C(C(=O)O)=C(c1cc(Cl)c(Cl)c(Cl)c1)C(F)(F)F. The summed E-state index contributed by atoms with van der Waals surface area (Å²) in [7, 11) is 0. The van der Waals surface area contributed by atoms with Crippen LogP contribution in [0.25, 0.3) is 5.57 Å². The Morgan fingerprint density at radius 2 is 1.68 bits per heavy atom. The zero-order chi connectivity index (χ0) is 21.4. The second-order valence-corrected chi connectivity index (χ2v) is 8.97. The highest BCUT2D eigenvalue weighted by Crippen LogP contribution is 2.48. The van der Waals surface area contributed by atoms with Crippen LogP contribution in [-0.2, 0) is 4.79 Å². The molecule has 8 heteroatoms. The summed E-state index contributed by atoms with van der Waals surface area (Å²) in [6, 6.07) is 2.05. The van der Waals surface area contributed by atoms with E-state index in [1.54, 1.807) is 0 Å². The van der Waals surface area contributed by atoms with Gasteiger partial charge in [-0.25, -0.2) is 4.79 Å². The Kier molecular flexibility index (Phi) is 7.38. The molecule has 1 aromatic rings.